The second-order valence-electron chi connectivity index (χ2n) is 5.63. The van der Waals surface area contributed by atoms with E-state index in [-0.39, 0.29) is 12.1 Å². The van der Waals surface area contributed by atoms with Crippen LogP contribution in [-0.4, -0.2) is 8.42 Å². The lowest BCUT2D eigenvalue weighted by molar-refractivity contribution is -0.139. The minimum Gasteiger partial charge on any atom is -0.228 e. The lowest BCUT2D eigenvalue weighted by Gasteiger charge is -2.15. The third kappa shape index (κ3) is 5.41. The monoisotopic (exact) mass is 418 g/mol. The van der Waals surface area contributed by atoms with Crippen LogP contribution < -0.4 is 0 Å². The van der Waals surface area contributed by atoms with Gasteiger partial charge >= 0.3 is 12.4 Å². The van der Waals surface area contributed by atoms with Crippen molar-refractivity contribution in [3.8, 4) is 0 Å². The standard InChI is InChI=1S/C16H10F8O2S/c17-11-3-1-9(13(5-11)15(19,20)21)7-27(25,26)8-10-2-4-12(18)6-14(10)16(22,23)24/h1-6H,7-8H2. The van der Waals surface area contributed by atoms with Crippen LogP contribution in [-0.2, 0) is 33.7 Å². The molecule has 2 aromatic carbocycles. The van der Waals surface area contributed by atoms with Gasteiger partial charge in [0.2, 0.25) is 0 Å². The Morgan fingerprint density at radius 2 is 1.00 bits per heavy atom. The Balaban J connectivity index is 2.41. The molecule has 148 valence electrons. The summed E-state index contributed by atoms with van der Waals surface area (Å²) in [6, 6.07) is 2.63. The van der Waals surface area contributed by atoms with E-state index in [1.54, 1.807) is 0 Å². The minimum atomic E-state index is -5.06. The average molecular weight is 418 g/mol. The average Bonchev–Trinajstić information content (AvgIpc) is 2.48. The van der Waals surface area contributed by atoms with Crippen LogP contribution in [0, 0.1) is 11.6 Å². The molecule has 0 radical (unpaired) electrons. The van der Waals surface area contributed by atoms with Gasteiger partial charge in [0.1, 0.15) is 11.6 Å². The van der Waals surface area contributed by atoms with Crippen LogP contribution in [0.3, 0.4) is 0 Å². The van der Waals surface area contributed by atoms with Crippen molar-refractivity contribution in [3.05, 3.63) is 70.3 Å². The van der Waals surface area contributed by atoms with Crippen LogP contribution >= 0.6 is 0 Å². The molecule has 0 aliphatic heterocycles. The molecule has 0 N–H and O–H groups in total. The largest absolute Gasteiger partial charge is 0.416 e. The number of hydrogen-bond acceptors (Lipinski definition) is 2. The van der Waals surface area contributed by atoms with Gasteiger partial charge in [-0.15, -0.1) is 0 Å². The Kier molecular flexibility index (Phi) is 5.56. The SMILES string of the molecule is O=S(=O)(Cc1ccc(F)cc1C(F)(F)F)Cc1ccc(F)cc1C(F)(F)F. The first-order valence-electron chi connectivity index (χ1n) is 7.11. The number of sulfone groups is 1. The van der Waals surface area contributed by atoms with Crippen molar-refractivity contribution in [3.63, 3.8) is 0 Å². The third-order valence-corrected chi connectivity index (χ3v) is 5.01. The molecule has 2 nitrogen and oxygen atoms in total. The number of rotatable bonds is 4. The summed E-state index contributed by atoms with van der Waals surface area (Å²) >= 11 is 0. The van der Waals surface area contributed by atoms with E-state index in [4.69, 9.17) is 0 Å². The van der Waals surface area contributed by atoms with Gasteiger partial charge in [-0.2, -0.15) is 26.3 Å². The Hall–Kier alpha value is -2.17. The molecule has 2 rings (SSSR count). The number of benzene rings is 2. The third-order valence-electron chi connectivity index (χ3n) is 3.51. The summed E-state index contributed by atoms with van der Waals surface area (Å²) < 4.78 is 128. The highest BCUT2D eigenvalue weighted by molar-refractivity contribution is 7.89. The fourth-order valence-corrected chi connectivity index (χ4v) is 3.95. The summed E-state index contributed by atoms with van der Waals surface area (Å²) in [4.78, 5) is 0. The maximum absolute atomic E-state index is 13.1. The van der Waals surface area contributed by atoms with E-state index in [9.17, 15) is 43.5 Å². The van der Waals surface area contributed by atoms with Crippen molar-refractivity contribution < 1.29 is 43.5 Å². The van der Waals surface area contributed by atoms with Gasteiger partial charge in [-0.25, -0.2) is 17.2 Å². The lowest BCUT2D eigenvalue weighted by Crippen LogP contribution is -2.17. The Morgan fingerprint density at radius 1 is 0.667 bits per heavy atom. The van der Waals surface area contributed by atoms with E-state index >= 15 is 0 Å². The van der Waals surface area contributed by atoms with E-state index in [0.717, 1.165) is 0 Å². The molecule has 0 atom stereocenters. The molecule has 0 aromatic heterocycles. The molecule has 0 amide bonds. The molecular weight excluding hydrogens is 408 g/mol. The van der Waals surface area contributed by atoms with Gasteiger partial charge in [-0.05, 0) is 35.4 Å². The van der Waals surface area contributed by atoms with Gasteiger partial charge in [-0.1, -0.05) is 12.1 Å². The van der Waals surface area contributed by atoms with Gasteiger partial charge < -0.3 is 0 Å². The predicted molar refractivity (Wildman–Crippen MR) is 79.1 cm³/mol. The highest BCUT2D eigenvalue weighted by Crippen LogP contribution is 2.35. The van der Waals surface area contributed by atoms with Crippen molar-refractivity contribution in [1.82, 2.24) is 0 Å². The van der Waals surface area contributed by atoms with Crippen LogP contribution in [0.5, 0.6) is 0 Å². The van der Waals surface area contributed by atoms with Crippen LogP contribution in [0.2, 0.25) is 0 Å². The Labute approximate surface area is 148 Å². The molecule has 0 heterocycles. The van der Waals surface area contributed by atoms with Gasteiger partial charge in [0.05, 0.1) is 22.6 Å². The van der Waals surface area contributed by atoms with Crippen molar-refractivity contribution in [2.24, 2.45) is 0 Å². The zero-order valence-corrected chi connectivity index (χ0v) is 13.9. The van der Waals surface area contributed by atoms with Crippen LogP contribution in [0.25, 0.3) is 0 Å². The van der Waals surface area contributed by atoms with E-state index < -0.39 is 67.6 Å². The molecule has 11 heteroatoms. The second-order valence-corrected chi connectivity index (χ2v) is 7.70. The molecule has 0 aliphatic carbocycles. The normalized spacial score (nSPS) is 13.0. The second kappa shape index (κ2) is 7.10. The molecule has 0 fully saturated rings. The van der Waals surface area contributed by atoms with E-state index in [2.05, 4.69) is 0 Å². The van der Waals surface area contributed by atoms with Crippen LogP contribution in [0.1, 0.15) is 22.3 Å². The molecule has 0 saturated carbocycles. The Bertz CT molecular complexity index is 874. The summed E-state index contributed by atoms with van der Waals surface area (Å²) in [5.41, 5.74) is -4.69. The zero-order valence-electron chi connectivity index (χ0n) is 13.1. The first kappa shape index (κ1) is 21.1. The van der Waals surface area contributed by atoms with Crippen molar-refractivity contribution in [2.75, 3.05) is 0 Å². The first-order chi connectivity index (χ1) is 12.2. The van der Waals surface area contributed by atoms with Crippen molar-refractivity contribution in [2.45, 2.75) is 23.9 Å². The summed E-state index contributed by atoms with van der Waals surface area (Å²) in [6.07, 6.45) is -10.1. The maximum Gasteiger partial charge on any atom is 0.416 e. The minimum absolute atomic E-state index is 0.101. The first-order valence-corrected chi connectivity index (χ1v) is 8.93. The molecule has 2 aromatic rings. The summed E-state index contributed by atoms with van der Waals surface area (Å²) in [5.74, 6) is -5.03. The predicted octanol–water partition coefficient (Wildman–Crippen LogP) is 5.12. The van der Waals surface area contributed by atoms with Gasteiger partial charge in [0.15, 0.2) is 9.84 Å². The number of alkyl halides is 6. The molecule has 0 spiro atoms. The summed E-state index contributed by atoms with van der Waals surface area (Å²) in [7, 11) is -4.52. The highest BCUT2D eigenvalue weighted by atomic mass is 32.2. The van der Waals surface area contributed by atoms with E-state index in [1.807, 2.05) is 0 Å². The van der Waals surface area contributed by atoms with Gasteiger partial charge in [0, 0.05) is 0 Å². The molecular formula is C16H10F8O2S. The summed E-state index contributed by atoms with van der Waals surface area (Å²) in [6.45, 7) is 0. The summed E-state index contributed by atoms with van der Waals surface area (Å²) in [5, 5.41) is 0. The fraction of sp³-hybridized carbons (Fsp3) is 0.250. The Morgan fingerprint density at radius 3 is 1.30 bits per heavy atom. The number of halogens is 8. The molecule has 27 heavy (non-hydrogen) atoms. The lowest BCUT2D eigenvalue weighted by atomic mass is 10.1. The highest BCUT2D eigenvalue weighted by Gasteiger charge is 2.37. The van der Waals surface area contributed by atoms with Crippen LogP contribution in [0.4, 0.5) is 35.1 Å². The van der Waals surface area contributed by atoms with Crippen molar-refractivity contribution >= 4 is 9.84 Å². The van der Waals surface area contributed by atoms with E-state index in [1.165, 1.54) is 0 Å². The zero-order chi connectivity index (χ0) is 20.6. The molecule has 0 unspecified atom stereocenters. The van der Waals surface area contributed by atoms with E-state index in [0.29, 0.717) is 24.3 Å². The maximum atomic E-state index is 13.1. The van der Waals surface area contributed by atoms with Gasteiger partial charge in [-0.3, -0.25) is 0 Å². The van der Waals surface area contributed by atoms with Crippen molar-refractivity contribution in [1.29, 1.82) is 0 Å². The quantitative estimate of drug-likeness (QED) is 0.647. The van der Waals surface area contributed by atoms with Gasteiger partial charge in [0.25, 0.3) is 0 Å². The number of hydrogen-bond donors (Lipinski definition) is 0. The topological polar surface area (TPSA) is 34.1 Å². The molecule has 0 bridgehead atoms. The molecule has 0 aliphatic rings. The van der Waals surface area contributed by atoms with Crippen LogP contribution in [0.15, 0.2) is 36.4 Å². The fourth-order valence-electron chi connectivity index (χ4n) is 2.40. The molecule has 0 saturated heterocycles. The smallest absolute Gasteiger partial charge is 0.228 e.